The molecule has 0 spiro atoms. The van der Waals surface area contributed by atoms with Gasteiger partial charge in [-0.15, -0.1) is 0 Å². The lowest BCUT2D eigenvalue weighted by Gasteiger charge is -2.07. The number of nitrogens with one attached hydrogen (secondary N) is 2. The van der Waals surface area contributed by atoms with Crippen LogP contribution in [0.1, 0.15) is 22.1 Å². The molecule has 13 nitrogen and oxygen atoms in total. The molecule has 0 saturated carbocycles. The number of carbonyl (C=O) groups excluding carboxylic acids is 2. The van der Waals surface area contributed by atoms with E-state index in [4.69, 9.17) is 20.9 Å². The lowest BCUT2D eigenvalue weighted by atomic mass is 10.2. The Morgan fingerprint density at radius 2 is 2.00 bits per heavy atom. The Bertz CT molecular complexity index is 1210. The van der Waals surface area contributed by atoms with E-state index < -0.39 is 16.7 Å². The van der Waals surface area contributed by atoms with Gasteiger partial charge in [0.2, 0.25) is 11.7 Å². The number of hydrogen-bond acceptors (Lipinski definition) is 9. The number of carbonyl (C=O) groups is 2. The number of halogens is 1. The first-order valence-corrected chi connectivity index (χ1v) is 10.00. The summed E-state index contributed by atoms with van der Waals surface area (Å²) in [7, 11) is 1.48. The first kappa shape index (κ1) is 23.7. The van der Waals surface area contributed by atoms with Gasteiger partial charge in [0.15, 0.2) is 0 Å². The predicted octanol–water partition coefficient (Wildman–Crippen LogP) is 1.67. The van der Waals surface area contributed by atoms with E-state index in [2.05, 4.69) is 25.9 Å². The molecule has 2 heterocycles. The molecule has 0 radical (unpaired) electrons. The Morgan fingerprint density at radius 3 is 2.67 bits per heavy atom. The second-order valence-corrected chi connectivity index (χ2v) is 7.24. The van der Waals surface area contributed by atoms with Crippen molar-refractivity contribution in [1.82, 2.24) is 30.6 Å². The summed E-state index contributed by atoms with van der Waals surface area (Å²) in [5.74, 6) is -0.723. The van der Waals surface area contributed by atoms with Crippen LogP contribution in [0.4, 0.5) is 5.69 Å². The molecule has 0 aliphatic carbocycles. The number of ether oxygens (including phenoxy) is 1. The van der Waals surface area contributed by atoms with Crippen molar-refractivity contribution < 1.29 is 23.8 Å². The third-order valence-electron chi connectivity index (χ3n) is 4.57. The molecule has 0 aliphatic heterocycles. The highest BCUT2D eigenvalue weighted by Gasteiger charge is 2.23. The van der Waals surface area contributed by atoms with Gasteiger partial charge in [0.1, 0.15) is 23.7 Å². The third-order valence-corrected chi connectivity index (χ3v) is 4.81. The maximum absolute atomic E-state index is 12.2. The molecule has 1 aromatic carbocycles. The summed E-state index contributed by atoms with van der Waals surface area (Å²) in [6.45, 7) is 3.02. The number of nitro groups is 1. The lowest BCUT2D eigenvalue weighted by molar-refractivity contribution is -0.386. The van der Waals surface area contributed by atoms with Gasteiger partial charge in [-0.1, -0.05) is 16.8 Å². The SMILES string of the molecule is COc1ccc(Cl)cc1-c1noc(C(=O)NCCNC(=O)Cn2nc(C)c([N+](=O)[O-])c2C)n1. The fourth-order valence-electron chi connectivity index (χ4n) is 3.03. The summed E-state index contributed by atoms with van der Waals surface area (Å²) >= 11 is 5.99. The number of hydrogen-bond donors (Lipinski definition) is 2. The fraction of sp³-hybridized carbons (Fsp3) is 0.316. The minimum atomic E-state index is -0.627. The Morgan fingerprint density at radius 1 is 1.27 bits per heavy atom. The highest BCUT2D eigenvalue weighted by atomic mass is 35.5. The molecular weight excluding hydrogens is 458 g/mol. The van der Waals surface area contributed by atoms with E-state index >= 15 is 0 Å². The minimum Gasteiger partial charge on any atom is -0.496 e. The molecule has 174 valence electrons. The van der Waals surface area contributed by atoms with E-state index in [0.29, 0.717) is 16.3 Å². The van der Waals surface area contributed by atoms with Crippen molar-refractivity contribution in [1.29, 1.82) is 0 Å². The van der Waals surface area contributed by atoms with Crippen molar-refractivity contribution in [2.45, 2.75) is 20.4 Å². The normalized spacial score (nSPS) is 10.7. The summed E-state index contributed by atoms with van der Waals surface area (Å²) < 4.78 is 11.5. The lowest BCUT2D eigenvalue weighted by Crippen LogP contribution is -2.36. The summed E-state index contributed by atoms with van der Waals surface area (Å²) in [4.78, 5) is 38.9. The highest BCUT2D eigenvalue weighted by Crippen LogP contribution is 2.30. The number of nitrogens with zero attached hydrogens (tertiary/aromatic N) is 5. The van der Waals surface area contributed by atoms with Gasteiger partial charge in [0.05, 0.1) is 17.6 Å². The van der Waals surface area contributed by atoms with Crippen molar-refractivity contribution in [3.05, 3.63) is 50.6 Å². The van der Waals surface area contributed by atoms with Crippen LogP contribution in [-0.4, -0.2) is 56.9 Å². The van der Waals surface area contributed by atoms with Crippen LogP contribution in [-0.2, 0) is 11.3 Å². The summed E-state index contributed by atoms with van der Waals surface area (Å²) in [6, 6.07) is 4.86. The molecule has 0 fully saturated rings. The van der Waals surface area contributed by atoms with Crippen LogP contribution in [0.15, 0.2) is 22.7 Å². The molecule has 0 unspecified atom stereocenters. The van der Waals surface area contributed by atoms with E-state index in [1.165, 1.54) is 25.6 Å². The third kappa shape index (κ3) is 5.44. The Kier molecular flexibility index (Phi) is 7.23. The molecule has 33 heavy (non-hydrogen) atoms. The number of amides is 2. The van der Waals surface area contributed by atoms with Crippen LogP contribution in [0.25, 0.3) is 11.4 Å². The molecule has 0 bridgehead atoms. The minimum absolute atomic E-state index is 0.0834. The number of benzene rings is 1. The highest BCUT2D eigenvalue weighted by molar-refractivity contribution is 6.30. The number of methoxy groups -OCH3 is 1. The van der Waals surface area contributed by atoms with E-state index in [0.717, 1.165) is 0 Å². The van der Waals surface area contributed by atoms with Crippen molar-refractivity contribution in [2.75, 3.05) is 20.2 Å². The van der Waals surface area contributed by atoms with Crippen molar-refractivity contribution in [3.63, 3.8) is 0 Å². The van der Waals surface area contributed by atoms with Gasteiger partial charge in [-0.05, 0) is 32.0 Å². The predicted molar refractivity (Wildman–Crippen MR) is 115 cm³/mol. The maximum atomic E-state index is 12.2. The van der Waals surface area contributed by atoms with Gasteiger partial charge in [0, 0.05) is 18.1 Å². The average molecular weight is 478 g/mol. The maximum Gasteiger partial charge on any atom is 0.316 e. The monoisotopic (exact) mass is 477 g/mol. The molecule has 2 aromatic heterocycles. The van der Waals surface area contributed by atoms with Gasteiger partial charge in [-0.25, -0.2) is 0 Å². The van der Waals surface area contributed by atoms with Gasteiger partial charge >= 0.3 is 17.5 Å². The number of aromatic nitrogens is 4. The Labute approximate surface area is 192 Å². The summed E-state index contributed by atoms with van der Waals surface area (Å²) in [5, 5.41) is 24.4. The largest absolute Gasteiger partial charge is 0.496 e. The molecule has 2 amide bonds. The van der Waals surface area contributed by atoms with Crippen LogP contribution >= 0.6 is 11.6 Å². The van der Waals surface area contributed by atoms with Crippen LogP contribution in [0.5, 0.6) is 5.75 Å². The molecule has 0 saturated heterocycles. The number of aryl methyl sites for hydroxylation is 1. The van der Waals surface area contributed by atoms with Crippen LogP contribution in [0.2, 0.25) is 5.02 Å². The van der Waals surface area contributed by atoms with E-state index in [1.54, 1.807) is 18.2 Å². The smallest absolute Gasteiger partial charge is 0.316 e. The van der Waals surface area contributed by atoms with Gasteiger partial charge in [-0.3, -0.25) is 24.4 Å². The molecule has 2 N–H and O–H groups in total. The molecular formula is C19H20ClN7O6. The van der Waals surface area contributed by atoms with Crippen molar-refractivity contribution in [3.8, 4) is 17.1 Å². The van der Waals surface area contributed by atoms with Gasteiger partial charge in [-0.2, -0.15) is 10.1 Å². The zero-order valence-corrected chi connectivity index (χ0v) is 18.7. The summed E-state index contributed by atoms with van der Waals surface area (Å²) in [5.41, 5.74) is 0.852. The van der Waals surface area contributed by atoms with E-state index in [9.17, 15) is 19.7 Å². The Balaban J connectivity index is 1.51. The summed E-state index contributed by atoms with van der Waals surface area (Å²) in [6.07, 6.45) is 0. The molecule has 3 rings (SSSR count). The van der Waals surface area contributed by atoms with Crippen LogP contribution < -0.4 is 15.4 Å². The first-order valence-electron chi connectivity index (χ1n) is 9.62. The molecule has 14 heteroatoms. The van der Waals surface area contributed by atoms with Crippen molar-refractivity contribution >= 4 is 29.1 Å². The first-order chi connectivity index (χ1) is 15.7. The average Bonchev–Trinajstić information content (AvgIpc) is 3.36. The fourth-order valence-corrected chi connectivity index (χ4v) is 3.20. The zero-order valence-electron chi connectivity index (χ0n) is 17.9. The Hall–Kier alpha value is -4.00. The van der Waals surface area contributed by atoms with Gasteiger partial charge < -0.3 is 19.9 Å². The standard InChI is InChI=1S/C19H20ClN7O6/c1-10-16(27(30)31)11(2)26(24-10)9-15(28)21-6-7-22-18(29)19-23-17(25-33-19)13-8-12(20)4-5-14(13)32-3/h4-5,8H,6-7,9H2,1-3H3,(H,21,28)(H,22,29). The van der Waals surface area contributed by atoms with Crippen molar-refractivity contribution in [2.24, 2.45) is 0 Å². The number of rotatable bonds is 9. The van der Waals surface area contributed by atoms with E-state index in [-0.39, 0.29) is 48.4 Å². The molecule has 0 aliphatic rings. The molecule has 3 aromatic rings. The van der Waals surface area contributed by atoms with Crippen LogP contribution in [0.3, 0.4) is 0 Å². The van der Waals surface area contributed by atoms with Crippen LogP contribution in [0, 0.1) is 24.0 Å². The molecule has 0 atom stereocenters. The van der Waals surface area contributed by atoms with Gasteiger partial charge in [0.25, 0.3) is 0 Å². The van der Waals surface area contributed by atoms with E-state index in [1.807, 2.05) is 0 Å². The second-order valence-electron chi connectivity index (χ2n) is 6.81. The second kappa shape index (κ2) is 10.1. The topological polar surface area (TPSA) is 167 Å². The zero-order chi connectivity index (χ0) is 24.1. The quantitative estimate of drug-likeness (QED) is 0.264.